The van der Waals surface area contributed by atoms with Crippen LogP contribution < -0.4 is 20.9 Å². The molecule has 0 spiro atoms. The van der Waals surface area contributed by atoms with Crippen molar-refractivity contribution >= 4 is 55.3 Å². The highest BCUT2D eigenvalue weighted by Crippen LogP contribution is 2.31. The SMILES string of the molecule is C=C(CC(=O)NCc1ccc(Cl)cc1)NNC(=O)COc1cc(C)c(Br)cc1Br. The number of benzene rings is 2. The minimum atomic E-state index is -0.403. The van der Waals surface area contributed by atoms with E-state index in [1.54, 1.807) is 12.1 Å². The monoisotopic (exact) mass is 543 g/mol. The average Bonchev–Trinajstić information content (AvgIpc) is 2.67. The van der Waals surface area contributed by atoms with E-state index in [2.05, 4.69) is 54.6 Å². The van der Waals surface area contributed by atoms with E-state index in [-0.39, 0.29) is 18.9 Å². The van der Waals surface area contributed by atoms with E-state index in [4.69, 9.17) is 16.3 Å². The molecular weight excluding hydrogens is 525 g/mol. The fourth-order valence-electron chi connectivity index (χ4n) is 2.18. The van der Waals surface area contributed by atoms with Crippen LogP contribution >= 0.6 is 43.5 Å². The van der Waals surface area contributed by atoms with Gasteiger partial charge in [-0.2, -0.15) is 0 Å². The van der Waals surface area contributed by atoms with Crippen LogP contribution in [0.25, 0.3) is 0 Å². The number of aryl methyl sites for hydroxylation is 1. The van der Waals surface area contributed by atoms with E-state index in [1.165, 1.54) is 0 Å². The van der Waals surface area contributed by atoms with E-state index >= 15 is 0 Å². The first-order valence-corrected chi connectivity index (χ1v) is 10.5. The van der Waals surface area contributed by atoms with Gasteiger partial charge in [-0.1, -0.05) is 46.2 Å². The molecule has 154 valence electrons. The van der Waals surface area contributed by atoms with Crippen molar-refractivity contribution in [1.29, 1.82) is 0 Å². The molecule has 0 aliphatic carbocycles. The topological polar surface area (TPSA) is 79.5 Å². The number of amides is 2. The zero-order chi connectivity index (χ0) is 21.4. The molecule has 0 aliphatic rings. The van der Waals surface area contributed by atoms with Gasteiger partial charge in [-0.05, 0) is 58.2 Å². The molecule has 29 heavy (non-hydrogen) atoms. The molecule has 0 aromatic heterocycles. The Balaban J connectivity index is 1.68. The van der Waals surface area contributed by atoms with Crippen molar-refractivity contribution in [3.8, 4) is 5.75 Å². The number of nitrogens with one attached hydrogen (secondary N) is 3. The molecule has 0 unspecified atom stereocenters. The van der Waals surface area contributed by atoms with Crippen LogP contribution in [0.2, 0.25) is 5.02 Å². The molecule has 0 heterocycles. The van der Waals surface area contributed by atoms with E-state index < -0.39 is 5.91 Å². The molecule has 0 radical (unpaired) electrons. The van der Waals surface area contributed by atoms with E-state index in [0.717, 1.165) is 20.1 Å². The van der Waals surface area contributed by atoms with Crippen LogP contribution in [0.5, 0.6) is 5.75 Å². The number of hydrogen-bond acceptors (Lipinski definition) is 4. The lowest BCUT2D eigenvalue weighted by Crippen LogP contribution is -2.40. The minimum absolute atomic E-state index is 0.0200. The Kier molecular flexibility index (Phi) is 9.00. The third-order valence-corrected chi connectivity index (χ3v) is 5.45. The lowest BCUT2D eigenvalue weighted by atomic mass is 10.2. The quantitative estimate of drug-likeness (QED) is 0.409. The summed E-state index contributed by atoms with van der Waals surface area (Å²) in [6, 6.07) is 10.9. The van der Waals surface area contributed by atoms with Crippen LogP contribution in [0.1, 0.15) is 17.5 Å². The van der Waals surface area contributed by atoms with Crippen molar-refractivity contribution in [2.75, 3.05) is 6.61 Å². The number of carbonyl (C=O) groups is 2. The second kappa shape index (κ2) is 11.2. The summed E-state index contributed by atoms with van der Waals surface area (Å²) < 4.78 is 7.18. The summed E-state index contributed by atoms with van der Waals surface area (Å²) in [7, 11) is 0. The summed E-state index contributed by atoms with van der Waals surface area (Å²) in [6.45, 7) is 5.84. The minimum Gasteiger partial charge on any atom is -0.483 e. The molecule has 0 fully saturated rings. The van der Waals surface area contributed by atoms with Crippen molar-refractivity contribution < 1.29 is 14.3 Å². The number of ether oxygens (including phenoxy) is 1. The summed E-state index contributed by atoms with van der Waals surface area (Å²) >= 11 is 12.6. The Hall–Kier alpha value is -2.03. The van der Waals surface area contributed by atoms with Gasteiger partial charge >= 0.3 is 0 Å². The lowest BCUT2D eigenvalue weighted by Gasteiger charge is -2.13. The molecule has 3 N–H and O–H groups in total. The van der Waals surface area contributed by atoms with Crippen molar-refractivity contribution in [3.05, 3.63) is 73.8 Å². The third-order valence-electron chi connectivity index (χ3n) is 3.73. The first-order chi connectivity index (χ1) is 13.7. The van der Waals surface area contributed by atoms with Gasteiger partial charge in [-0.15, -0.1) is 0 Å². The highest BCUT2D eigenvalue weighted by Gasteiger charge is 2.09. The van der Waals surface area contributed by atoms with Crippen molar-refractivity contribution in [2.45, 2.75) is 19.9 Å². The number of hydrogen-bond donors (Lipinski definition) is 3. The predicted molar refractivity (Wildman–Crippen MR) is 120 cm³/mol. The van der Waals surface area contributed by atoms with E-state index in [0.29, 0.717) is 23.0 Å². The first-order valence-electron chi connectivity index (χ1n) is 8.57. The third kappa shape index (κ3) is 8.08. The van der Waals surface area contributed by atoms with Gasteiger partial charge in [0.2, 0.25) is 5.91 Å². The smallest absolute Gasteiger partial charge is 0.276 e. The zero-order valence-electron chi connectivity index (χ0n) is 15.7. The highest BCUT2D eigenvalue weighted by atomic mass is 79.9. The highest BCUT2D eigenvalue weighted by molar-refractivity contribution is 9.11. The summed E-state index contributed by atoms with van der Waals surface area (Å²) in [5, 5.41) is 3.41. The Morgan fingerprint density at radius 1 is 1.07 bits per heavy atom. The molecule has 2 amide bonds. The number of rotatable bonds is 9. The molecule has 2 aromatic rings. The number of halogens is 3. The fourth-order valence-corrected chi connectivity index (χ4v) is 3.42. The zero-order valence-corrected chi connectivity index (χ0v) is 19.6. The molecule has 0 atom stereocenters. The Bertz CT molecular complexity index is 905. The second-order valence-electron chi connectivity index (χ2n) is 6.18. The predicted octanol–water partition coefficient (Wildman–Crippen LogP) is 4.39. The molecular formula is C20H20Br2ClN3O3. The van der Waals surface area contributed by atoms with Gasteiger partial charge in [-0.25, -0.2) is 0 Å². The van der Waals surface area contributed by atoms with Gasteiger partial charge < -0.3 is 15.5 Å². The standard InChI is InChI=1S/C20H20Br2ClN3O3/c1-12-7-18(17(22)9-16(12)21)29-11-20(28)26-25-13(2)8-19(27)24-10-14-3-5-15(23)6-4-14/h3-7,9,25H,2,8,10-11H2,1H3,(H,24,27)(H,26,28). The van der Waals surface area contributed by atoms with Crippen LogP contribution in [-0.2, 0) is 16.1 Å². The van der Waals surface area contributed by atoms with Gasteiger partial charge in [0.05, 0.1) is 10.9 Å². The molecule has 0 saturated heterocycles. The molecule has 2 rings (SSSR count). The second-order valence-corrected chi connectivity index (χ2v) is 8.32. The van der Waals surface area contributed by atoms with Crippen molar-refractivity contribution in [2.24, 2.45) is 0 Å². The number of carbonyl (C=O) groups excluding carboxylic acids is 2. The molecule has 6 nitrogen and oxygen atoms in total. The maximum absolute atomic E-state index is 12.0. The normalized spacial score (nSPS) is 10.2. The Labute approximate surface area is 191 Å². The van der Waals surface area contributed by atoms with Crippen molar-refractivity contribution in [1.82, 2.24) is 16.2 Å². The van der Waals surface area contributed by atoms with Gasteiger partial charge in [0.1, 0.15) is 5.75 Å². The molecule has 0 aliphatic heterocycles. The lowest BCUT2D eigenvalue weighted by molar-refractivity contribution is -0.124. The summed E-state index contributed by atoms with van der Waals surface area (Å²) in [4.78, 5) is 23.9. The molecule has 0 bridgehead atoms. The van der Waals surface area contributed by atoms with E-state index in [1.807, 2.05) is 31.2 Å². The van der Waals surface area contributed by atoms with Gasteiger partial charge in [0.15, 0.2) is 6.61 Å². The Morgan fingerprint density at radius 2 is 1.76 bits per heavy atom. The molecule has 9 heteroatoms. The summed E-state index contributed by atoms with van der Waals surface area (Å²) in [5.74, 6) is -0.0707. The molecule has 2 aromatic carbocycles. The van der Waals surface area contributed by atoms with Gasteiger partial charge in [0, 0.05) is 21.7 Å². The van der Waals surface area contributed by atoms with Crippen LogP contribution in [0.3, 0.4) is 0 Å². The van der Waals surface area contributed by atoms with Gasteiger partial charge in [0.25, 0.3) is 5.91 Å². The fraction of sp³-hybridized carbons (Fsp3) is 0.200. The van der Waals surface area contributed by atoms with Crippen LogP contribution in [0, 0.1) is 6.92 Å². The van der Waals surface area contributed by atoms with Crippen molar-refractivity contribution in [3.63, 3.8) is 0 Å². The molecule has 0 saturated carbocycles. The average molecular weight is 546 g/mol. The van der Waals surface area contributed by atoms with E-state index in [9.17, 15) is 9.59 Å². The Morgan fingerprint density at radius 3 is 2.45 bits per heavy atom. The number of hydrazine groups is 1. The van der Waals surface area contributed by atoms with Crippen LogP contribution in [0.15, 0.2) is 57.6 Å². The van der Waals surface area contributed by atoms with Crippen LogP contribution in [0.4, 0.5) is 0 Å². The van der Waals surface area contributed by atoms with Crippen LogP contribution in [-0.4, -0.2) is 18.4 Å². The van der Waals surface area contributed by atoms with Gasteiger partial charge in [-0.3, -0.25) is 15.0 Å². The maximum atomic E-state index is 12.0. The first kappa shape index (κ1) is 23.3. The summed E-state index contributed by atoms with van der Waals surface area (Å²) in [5.41, 5.74) is 7.34. The maximum Gasteiger partial charge on any atom is 0.276 e. The largest absolute Gasteiger partial charge is 0.483 e. The summed E-state index contributed by atoms with van der Waals surface area (Å²) in [6.07, 6.45) is 0.0200.